The number of hydrogen-bond acceptors (Lipinski definition) is 3. The van der Waals surface area contributed by atoms with Gasteiger partial charge in [-0.2, -0.15) is 4.99 Å². The molecule has 1 aromatic carbocycles. The van der Waals surface area contributed by atoms with Crippen molar-refractivity contribution in [1.82, 2.24) is 0 Å². The molecule has 104 valence electrons. The summed E-state index contributed by atoms with van der Waals surface area (Å²) in [6.07, 6.45) is 2.71. The van der Waals surface area contributed by atoms with Gasteiger partial charge in [0.15, 0.2) is 0 Å². The molecule has 20 heavy (non-hydrogen) atoms. The number of furan rings is 1. The Hall–Kier alpha value is -1.78. The number of ether oxygens (including phenoxy) is 1. The summed E-state index contributed by atoms with van der Waals surface area (Å²) >= 11 is 11.9. The van der Waals surface area contributed by atoms with E-state index >= 15 is 0 Å². The van der Waals surface area contributed by atoms with Crippen LogP contribution in [0, 0.1) is 0 Å². The van der Waals surface area contributed by atoms with Crippen molar-refractivity contribution >= 4 is 35.5 Å². The summed E-state index contributed by atoms with van der Waals surface area (Å²) in [4.78, 5) is 15.1. The lowest BCUT2D eigenvalue weighted by molar-refractivity contribution is 0.151. The first-order chi connectivity index (χ1) is 9.66. The second-order valence-corrected chi connectivity index (χ2v) is 4.66. The minimum atomic E-state index is -0.701. The fourth-order valence-corrected chi connectivity index (χ4v) is 1.99. The zero-order chi connectivity index (χ0) is 14.4. The lowest BCUT2D eigenvalue weighted by atomic mass is 10.2. The van der Waals surface area contributed by atoms with E-state index in [0.29, 0.717) is 22.0 Å². The molecule has 0 N–H and O–H groups in total. The summed E-state index contributed by atoms with van der Waals surface area (Å²) in [5, 5.41) is 0.898. The average molecular weight is 312 g/mol. The van der Waals surface area contributed by atoms with E-state index in [2.05, 4.69) is 4.99 Å². The summed E-state index contributed by atoms with van der Waals surface area (Å²) in [6, 6.07) is 8.63. The van der Waals surface area contributed by atoms with Crippen LogP contribution in [0.15, 0.2) is 46.0 Å². The first-order valence-corrected chi connectivity index (χ1v) is 6.57. The van der Waals surface area contributed by atoms with Crippen molar-refractivity contribution in [2.45, 2.75) is 13.0 Å². The van der Waals surface area contributed by atoms with E-state index in [4.69, 9.17) is 32.4 Å². The molecule has 4 nitrogen and oxygen atoms in total. The van der Waals surface area contributed by atoms with Gasteiger partial charge < -0.3 is 9.15 Å². The number of aliphatic imine (C=N–C) groups is 1. The average Bonchev–Trinajstić information content (AvgIpc) is 2.91. The van der Waals surface area contributed by atoms with Crippen molar-refractivity contribution in [2.24, 2.45) is 4.99 Å². The van der Waals surface area contributed by atoms with Gasteiger partial charge in [-0.05, 0) is 24.3 Å². The molecule has 0 bridgehead atoms. The molecule has 0 aliphatic carbocycles. The van der Waals surface area contributed by atoms with E-state index in [1.54, 1.807) is 36.6 Å². The van der Waals surface area contributed by atoms with Gasteiger partial charge in [0.1, 0.15) is 12.4 Å². The molecular weight excluding hydrogens is 301 g/mol. The Morgan fingerprint density at radius 3 is 2.65 bits per heavy atom. The molecule has 0 aliphatic rings. The number of halogens is 2. The van der Waals surface area contributed by atoms with Gasteiger partial charge in [0.05, 0.1) is 6.26 Å². The molecule has 0 saturated heterocycles. The highest BCUT2D eigenvalue weighted by molar-refractivity contribution is 6.35. The van der Waals surface area contributed by atoms with Crippen molar-refractivity contribution < 1.29 is 13.9 Å². The van der Waals surface area contributed by atoms with E-state index < -0.39 is 6.09 Å². The van der Waals surface area contributed by atoms with Crippen molar-refractivity contribution in [3.05, 3.63) is 58.0 Å². The Morgan fingerprint density at radius 1 is 1.25 bits per heavy atom. The summed E-state index contributed by atoms with van der Waals surface area (Å²) < 4.78 is 10.1. The van der Waals surface area contributed by atoms with Crippen LogP contribution in [-0.4, -0.2) is 12.3 Å². The SMILES string of the molecule is O=C(N=CCc1ccco1)OCc1c(Cl)cccc1Cl. The van der Waals surface area contributed by atoms with Crippen molar-refractivity contribution in [3.8, 4) is 0 Å². The number of benzene rings is 1. The minimum absolute atomic E-state index is 0.0184. The fraction of sp³-hybridized carbons (Fsp3) is 0.143. The molecule has 1 aromatic heterocycles. The Kier molecular flexibility index (Phi) is 5.21. The molecule has 6 heteroatoms. The van der Waals surface area contributed by atoms with Crippen LogP contribution < -0.4 is 0 Å². The molecule has 1 heterocycles. The minimum Gasteiger partial charge on any atom is -0.469 e. The number of amides is 1. The maximum Gasteiger partial charge on any atom is 0.433 e. The van der Waals surface area contributed by atoms with Crippen LogP contribution >= 0.6 is 23.2 Å². The van der Waals surface area contributed by atoms with Gasteiger partial charge in [-0.1, -0.05) is 29.3 Å². The van der Waals surface area contributed by atoms with Gasteiger partial charge in [-0.3, -0.25) is 0 Å². The number of rotatable bonds is 4. The number of hydrogen-bond donors (Lipinski definition) is 0. The van der Waals surface area contributed by atoms with Crippen LogP contribution in [0.1, 0.15) is 11.3 Å². The van der Waals surface area contributed by atoms with Gasteiger partial charge in [-0.25, -0.2) is 4.79 Å². The third-order valence-corrected chi connectivity index (χ3v) is 3.18. The topological polar surface area (TPSA) is 51.8 Å². The second-order valence-electron chi connectivity index (χ2n) is 3.85. The maximum atomic E-state index is 11.4. The van der Waals surface area contributed by atoms with Crippen LogP contribution in [0.25, 0.3) is 0 Å². The van der Waals surface area contributed by atoms with Crippen LogP contribution in [0.5, 0.6) is 0 Å². The third-order valence-electron chi connectivity index (χ3n) is 2.47. The summed E-state index contributed by atoms with van der Waals surface area (Å²) in [5.74, 6) is 0.718. The van der Waals surface area contributed by atoms with Crippen LogP contribution in [0.3, 0.4) is 0 Å². The maximum absolute atomic E-state index is 11.4. The van der Waals surface area contributed by atoms with Crippen LogP contribution in [-0.2, 0) is 17.8 Å². The number of carbonyl (C=O) groups is 1. The van der Waals surface area contributed by atoms with Gasteiger partial charge >= 0.3 is 6.09 Å². The van der Waals surface area contributed by atoms with E-state index in [1.165, 1.54) is 6.21 Å². The fourth-order valence-electron chi connectivity index (χ4n) is 1.48. The highest BCUT2D eigenvalue weighted by Crippen LogP contribution is 2.24. The van der Waals surface area contributed by atoms with Gasteiger partial charge in [0.2, 0.25) is 0 Å². The van der Waals surface area contributed by atoms with Gasteiger partial charge in [-0.15, -0.1) is 0 Å². The zero-order valence-corrected chi connectivity index (χ0v) is 11.9. The second kappa shape index (κ2) is 7.12. The van der Waals surface area contributed by atoms with E-state index in [1.807, 2.05) is 0 Å². The van der Waals surface area contributed by atoms with Crippen molar-refractivity contribution in [2.75, 3.05) is 0 Å². The molecule has 1 amide bonds. The normalized spacial score (nSPS) is 10.9. The Balaban J connectivity index is 1.84. The lowest BCUT2D eigenvalue weighted by Gasteiger charge is -2.06. The van der Waals surface area contributed by atoms with E-state index in [-0.39, 0.29) is 6.61 Å². The standard InChI is InChI=1S/C14H11Cl2NO3/c15-12-4-1-5-13(16)11(12)9-20-14(18)17-7-6-10-3-2-8-19-10/h1-5,7-8H,6,9H2. The number of carbonyl (C=O) groups excluding carboxylic acids is 1. The van der Waals surface area contributed by atoms with E-state index in [0.717, 1.165) is 5.76 Å². The lowest BCUT2D eigenvalue weighted by Crippen LogP contribution is -2.01. The molecule has 0 spiro atoms. The summed E-state index contributed by atoms with van der Waals surface area (Å²) in [6.45, 7) is -0.0184. The molecule has 2 rings (SSSR count). The van der Waals surface area contributed by atoms with Crippen molar-refractivity contribution in [1.29, 1.82) is 0 Å². The predicted molar refractivity (Wildman–Crippen MR) is 77.6 cm³/mol. The van der Waals surface area contributed by atoms with Crippen LogP contribution in [0.2, 0.25) is 10.0 Å². The van der Waals surface area contributed by atoms with Gasteiger partial charge in [0.25, 0.3) is 0 Å². The largest absolute Gasteiger partial charge is 0.469 e. The monoisotopic (exact) mass is 311 g/mol. The van der Waals surface area contributed by atoms with Crippen molar-refractivity contribution in [3.63, 3.8) is 0 Å². The molecule has 0 saturated carbocycles. The molecule has 0 aliphatic heterocycles. The molecule has 2 aromatic rings. The molecule has 0 unspecified atom stereocenters. The number of nitrogens with zero attached hydrogens (tertiary/aromatic N) is 1. The Labute approximate surface area is 126 Å². The van der Waals surface area contributed by atoms with Crippen LogP contribution in [0.4, 0.5) is 4.79 Å². The highest BCUT2D eigenvalue weighted by Gasteiger charge is 2.08. The smallest absolute Gasteiger partial charge is 0.433 e. The Morgan fingerprint density at radius 2 is 2.00 bits per heavy atom. The predicted octanol–water partition coefficient (Wildman–Crippen LogP) is 4.54. The summed E-state index contributed by atoms with van der Waals surface area (Å²) in [7, 11) is 0. The zero-order valence-electron chi connectivity index (χ0n) is 10.4. The first kappa shape index (κ1) is 14.6. The highest BCUT2D eigenvalue weighted by atomic mass is 35.5. The molecule has 0 radical (unpaired) electrons. The molecule has 0 fully saturated rings. The summed E-state index contributed by atoms with van der Waals surface area (Å²) in [5.41, 5.74) is 0.561. The van der Waals surface area contributed by atoms with E-state index in [9.17, 15) is 4.79 Å². The third kappa shape index (κ3) is 4.11. The Bertz CT molecular complexity index is 589. The quantitative estimate of drug-likeness (QED) is 0.779. The first-order valence-electron chi connectivity index (χ1n) is 5.81. The molecule has 0 atom stereocenters. The molecular formula is C14H11Cl2NO3. The van der Waals surface area contributed by atoms with Gasteiger partial charge in [0, 0.05) is 28.2 Å².